The lowest BCUT2D eigenvalue weighted by Gasteiger charge is -2.11. The van der Waals surface area contributed by atoms with Gasteiger partial charge in [0.2, 0.25) is 11.8 Å². The second-order valence-electron chi connectivity index (χ2n) is 7.40. The summed E-state index contributed by atoms with van der Waals surface area (Å²) in [5, 5.41) is 6.70. The Morgan fingerprint density at radius 2 is 1.70 bits per heavy atom. The number of rotatable bonds is 10. The first-order valence-corrected chi connectivity index (χ1v) is 10.6. The number of nitrogens with zero attached hydrogens (tertiary/aromatic N) is 1. The number of methoxy groups -OCH3 is 1. The summed E-state index contributed by atoms with van der Waals surface area (Å²) in [7, 11) is 1.57. The number of amides is 2. The Bertz CT molecular complexity index is 1110. The van der Waals surface area contributed by atoms with Crippen LogP contribution in [0.25, 0.3) is 0 Å². The molecule has 3 aromatic carbocycles. The normalized spacial score (nSPS) is 10.6. The van der Waals surface area contributed by atoms with Gasteiger partial charge >= 0.3 is 0 Å². The van der Waals surface area contributed by atoms with E-state index in [1.165, 1.54) is 11.8 Å². The van der Waals surface area contributed by atoms with Crippen molar-refractivity contribution in [2.45, 2.75) is 26.4 Å². The van der Waals surface area contributed by atoms with Gasteiger partial charge in [-0.25, -0.2) is 5.43 Å². The van der Waals surface area contributed by atoms with Crippen LogP contribution in [0.5, 0.6) is 11.5 Å². The van der Waals surface area contributed by atoms with Gasteiger partial charge in [0.15, 0.2) is 11.5 Å². The second-order valence-corrected chi connectivity index (χ2v) is 7.40. The van der Waals surface area contributed by atoms with E-state index in [-0.39, 0.29) is 24.7 Å². The average molecular weight is 446 g/mol. The number of aryl methyl sites for hydroxylation is 1. The first-order valence-electron chi connectivity index (χ1n) is 10.6. The number of carbonyl (C=O) groups excluding carboxylic acids is 2. The molecule has 0 saturated heterocycles. The minimum absolute atomic E-state index is 0.0328. The van der Waals surface area contributed by atoms with E-state index >= 15 is 0 Å². The lowest BCUT2D eigenvalue weighted by Crippen LogP contribution is -2.20. The summed E-state index contributed by atoms with van der Waals surface area (Å²) in [5.41, 5.74) is 6.11. The van der Waals surface area contributed by atoms with E-state index in [4.69, 9.17) is 9.47 Å². The Kier molecular flexibility index (Phi) is 8.59. The Morgan fingerprint density at radius 1 is 0.909 bits per heavy atom. The van der Waals surface area contributed by atoms with Gasteiger partial charge in [0, 0.05) is 18.5 Å². The number of anilines is 1. The van der Waals surface area contributed by atoms with E-state index in [0.29, 0.717) is 23.8 Å². The number of para-hydroxylation sites is 1. The highest BCUT2D eigenvalue weighted by Crippen LogP contribution is 2.28. The van der Waals surface area contributed by atoms with Crippen molar-refractivity contribution in [3.63, 3.8) is 0 Å². The second kappa shape index (κ2) is 12.0. The molecule has 0 aliphatic carbocycles. The highest BCUT2D eigenvalue weighted by atomic mass is 16.5. The van der Waals surface area contributed by atoms with Crippen LogP contribution in [0.15, 0.2) is 77.9 Å². The number of ether oxygens (including phenoxy) is 2. The monoisotopic (exact) mass is 445 g/mol. The van der Waals surface area contributed by atoms with Gasteiger partial charge in [-0.15, -0.1) is 0 Å². The first-order chi connectivity index (χ1) is 16.0. The van der Waals surface area contributed by atoms with E-state index in [1.54, 1.807) is 31.4 Å². The molecule has 7 nitrogen and oxygen atoms in total. The molecule has 3 aromatic rings. The van der Waals surface area contributed by atoms with Crippen LogP contribution in [0, 0.1) is 6.92 Å². The van der Waals surface area contributed by atoms with Crippen molar-refractivity contribution in [1.82, 2.24) is 5.43 Å². The maximum Gasteiger partial charge on any atom is 0.240 e. The molecule has 0 atom stereocenters. The van der Waals surface area contributed by atoms with Crippen molar-refractivity contribution in [1.29, 1.82) is 0 Å². The highest BCUT2D eigenvalue weighted by Gasteiger charge is 2.08. The molecule has 0 spiro atoms. The maximum atomic E-state index is 12.0. The molecule has 2 N–H and O–H groups in total. The molecular formula is C26H27N3O4. The highest BCUT2D eigenvalue weighted by molar-refractivity contribution is 5.93. The fourth-order valence-corrected chi connectivity index (χ4v) is 3.05. The molecule has 0 radical (unpaired) electrons. The molecule has 7 heteroatoms. The zero-order valence-electron chi connectivity index (χ0n) is 18.7. The van der Waals surface area contributed by atoms with Gasteiger partial charge in [0.1, 0.15) is 6.61 Å². The quantitative estimate of drug-likeness (QED) is 0.356. The minimum atomic E-state index is -0.348. The number of carbonyl (C=O) groups is 2. The van der Waals surface area contributed by atoms with Crippen molar-refractivity contribution in [2.75, 3.05) is 12.4 Å². The predicted octanol–water partition coefficient (Wildman–Crippen LogP) is 4.45. The number of hydrogen-bond donors (Lipinski definition) is 2. The number of nitrogens with one attached hydrogen (secondary N) is 2. The van der Waals surface area contributed by atoms with Crippen LogP contribution in [0.4, 0.5) is 5.69 Å². The third-order valence-corrected chi connectivity index (χ3v) is 4.70. The first kappa shape index (κ1) is 23.5. The van der Waals surface area contributed by atoms with Crippen LogP contribution >= 0.6 is 0 Å². The van der Waals surface area contributed by atoms with Crippen molar-refractivity contribution in [3.05, 3.63) is 89.5 Å². The summed E-state index contributed by atoms with van der Waals surface area (Å²) < 4.78 is 11.3. The van der Waals surface area contributed by atoms with Crippen molar-refractivity contribution in [3.8, 4) is 11.5 Å². The zero-order chi connectivity index (χ0) is 23.5. The number of hydrogen-bond acceptors (Lipinski definition) is 5. The van der Waals surface area contributed by atoms with Crippen molar-refractivity contribution >= 4 is 23.7 Å². The Labute approximate surface area is 193 Å². The van der Waals surface area contributed by atoms with Gasteiger partial charge in [-0.3, -0.25) is 9.59 Å². The molecular weight excluding hydrogens is 418 g/mol. The molecule has 170 valence electrons. The third-order valence-electron chi connectivity index (χ3n) is 4.70. The number of hydrazone groups is 1. The predicted molar refractivity (Wildman–Crippen MR) is 129 cm³/mol. The van der Waals surface area contributed by atoms with Gasteiger partial charge in [-0.1, -0.05) is 48.0 Å². The van der Waals surface area contributed by atoms with Crippen LogP contribution in [0.3, 0.4) is 0 Å². The SMILES string of the molecule is COc1cc(C=NNC(=O)CCC(=O)Nc2ccccc2)ccc1OCc1cccc(C)c1. The van der Waals surface area contributed by atoms with Crippen LogP contribution < -0.4 is 20.2 Å². The summed E-state index contributed by atoms with van der Waals surface area (Å²) in [5.74, 6) is 0.603. The summed E-state index contributed by atoms with van der Waals surface area (Å²) in [6, 6.07) is 22.6. The zero-order valence-corrected chi connectivity index (χ0v) is 18.7. The molecule has 0 heterocycles. The van der Waals surface area contributed by atoms with Crippen LogP contribution in [-0.2, 0) is 16.2 Å². The van der Waals surface area contributed by atoms with E-state index in [1.807, 2.05) is 49.4 Å². The molecule has 0 aromatic heterocycles. The average Bonchev–Trinajstić information content (AvgIpc) is 2.82. The van der Waals surface area contributed by atoms with Gasteiger partial charge < -0.3 is 14.8 Å². The van der Waals surface area contributed by atoms with Gasteiger partial charge in [-0.05, 0) is 48.4 Å². The van der Waals surface area contributed by atoms with Gasteiger partial charge in [0.05, 0.1) is 13.3 Å². The van der Waals surface area contributed by atoms with E-state index in [2.05, 4.69) is 21.9 Å². The molecule has 0 saturated carbocycles. The molecule has 33 heavy (non-hydrogen) atoms. The van der Waals surface area contributed by atoms with Crippen LogP contribution in [-0.4, -0.2) is 25.1 Å². The fraction of sp³-hybridized carbons (Fsp3) is 0.192. The lowest BCUT2D eigenvalue weighted by molar-refractivity contribution is -0.124. The van der Waals surface area contributed by atoms with Gasteiger partial charge in [-0.2, -0.15) is 5.10 Å². The summed E-state index contributed by atoms with van der Waals surface area (Å²) >= 11 is 0. The molecule has 0 bridgehead atoms. The summed E-state index contributed by atoms with van der Waals surface area (Å²) in [6.45, 7) is 2.47. The Hall–Kier alpha value is -4.13. The summed E-state index contributed by atoms with van der Waals surface area (Å²) in [4.78, 5) is 23.9. The Balaban J connectivity index is 1.47. The molecule has 0 fully saturated rings. The summed E-state index contributed by atoms with van der Waals surface area (Å²) in [6.07, 6.45) is 1.61. The third kappa shape index (κ3) is 7.81. The van der Waals surface area contributed by atoms with E-state index in [0.717, 1.165) is 11.1 Å². The standard InChI is InChI=1S/C26H27N3O4/c1-19-7-6-8-21(15-19)18-33-23-12-11-20(16-24(23)32-2)17-27-29-26(31)14-13-25(30)28-22-9-4-3-5-10-22/h3-12,15-17H,13-14,18H2,1-2H3,(H,28,30)(H,29,31). The molecule has 2 amide bonds. The maximum absolute atomic E-state index is 12.0. The molecule has 0 aliphatic heterocycles. The largest absolute Gasteiger partial charge is 0.493 e. The van der Waals surface area contributed by atoms with Crippen molar-refractivity contribution < 1.29 is 19.1 Å². The van der Waals surface area contributed by atoms with Crippen molar-refractivity contribution in [2.24, 2.45) is 5.10 Å². The topological polar surface area (TPSA) is 89.0 Å². The van der Waals surface area contributed by atoms with Gasteiger partial charge in [0.25, 0.3) is 0 Å². The van der Waals surface area contributed by atoms with E-state index in [9.17, 15) is 9.59 Å². The molecule has 3 rings (SSSR count). The Morgan fingerprint density at radius 3 is 2.45 bits per heavy atom. The smallest absolute Gasteiger partial charge is 0.240 e. The molecule has 0 unspecified atom stereocenters. The fourth-order valence-electron chi connectivity index (χ4n) is 3.05. The minimum Gasteiger partial charge on any atom is -0.493 e. The molecule has 0 aliphatic rings. The van der Waals surface area contributed by atoms with E-state index < -0.39 is 0 Å². The van der Waals surface area contributed by atoms with Crippen LogP contribution in [0.2, 0.25) is 0 Å². The lowest BCUT2D eigenvalue weighted by atomic mass is 10.1. The van der Waals surface area contributed by atoms with Crippen LogP contribution in [0.1, 0.15) is 29.5 Å². The number of benzene rings is 3.